The largest absolute Gasteiger partial charge is 0.347 e. The quantitative estimate of drug-likeness (QED) is 0.737. The lowest BCUT2D eigenvalue weighted by atomic mass is 9.78. The molecule has 0 spiro atoms. The van der Waals surface area contributed by atoms with E-state index in [0.29, 0.717) is 24.2 Å². The number of hydrogen-bond acceptors (Lipinski definition) is 3. The minimum absolute atomic E-state index is 0.150. The average Bonchev–Trinajstić information content (AvgIpc) is 2.76. The van der Waals surface area contributed by atoms with Crippen LogP contribution >= 0.6 is 0 Å². The zero-order valence-electron chi connectivity index (χ0n) is 18.5. The zero-order chi connectivity index (χ0) is 22.4. The lowest BCUT2D eigenvalue weighted by Crippen LogP contribution is -2.62. The van der Waals surface area contributed by atoms with Crippen LogP contribution < -0.4 is 15.5 Å². The fourth-order valence-corrected chi connectivity index (χ4v) is 4.27. The summed E-state index contributed by atoms with van der Waals surface area (Å²) in [4.78, 5) is 40.3. The normalized spacial score (nSPS) is 15.1. The van der Waals surface area contributed by atoms with E-state index >= 15 is 0 Å². The third kappa shape index (κ3) is 5.13. The standard InChI is InChI=1S/C25H31N3O3/c1-18-11-13-21(14-12-18)27-24(31)25(15-7-4-8-16-25)28(23(30)17-26-20(3)29)22-10-6-5-9-19(22)2/h5-6,9-14H,4,7-8,15-17H2,1-3H3,(H,26,29)(H,27,31). The number of aryl methyl sites for hydroxylation is 2. The number of carbonyl (C=O) groups excluding carboxylic acids is 3. The van der Waals surface area contributed by atoms with Crippen LogP contribution in [0, 0.1) is 13.8 Å². The molecule has 0 radical (unpaired) electrons. The van der Waals surface area contributed by atoms with Gasteiger partial charge in [0.25, 0.3) is 5.91 Å². The van der Waals surface area contributed by atoms with Crippen molar-refractivity contribution in [3.63, 3.8) is 0 Å². The molecule has 1 aliphatic rings. The third-order valence-corrected chi connectivity index (χ3v) is 5.94. The molecular formula is C25H31N3O3. The van der Waals surface area contributed by atoms with Crippen molar-refractivity contribution in [1.82, 2.24) is 5.32 Å². The summed E-state index contributed by atoms with van der Waals surface area (Å²) in [5.74, 6) is -0.749. The lowest BCUT2D eigenvalue weighted by molar-refractivity contribution is -0.128. The van der Waals surface area contributed by atoms with Crippen molar-refractivity contribution in [2.75, 3.05) is 16.8 Å². The summed E-state index contributed by atoms with van der Waals surface area (Å²) < 4.78 is 0. The van der Waals surface area contributed by atoms with Crippen LogP contribution in [-0.2, 0) is 14.4 Å². The molecule has 0 heterocycles. The summed E-state index contributed by atoms with van der Waals surface area (Å²) in [6, 6.07) is 15.2. The van der Waals surface area contributed by atoms with E-state index in [1.807, 2.05) is 62.4 Å². The van der Waals surface area contributed by atoms with Crippen LogP contribution in [0.4, 0.5) is 11.4 Å². The van der Waals surface area contributed by atoms with Crippen LogP contribution in [0.15, 0.2) is 48.5 Å². The van der Waals surface area contributed by atoms with Gasteiger partial charge < -0.3 is 10.6 Å². The molecule has 0 aromatic heterocycles. The van der Waals surface area contributed by atoms with E-state index in [9.17, 15) is 14.4 Å². The molecule has 3 rings (SSSR count). The van der Waals surface area contributed by atoms with Crippen molar-refractivity contribution in [1.29, 1.82) is 0 Å². The molecule has 164 valence electrons. The molecule has 0 bridgehead atoms. The molecule has 1 aliphatic carbocycles. The van der Waals surface area contributed by atoms with Gasteiger partial charge in [0.05, 0.1) is 6.54 Å². The van der Waals surface area contributed by atoms with Crippen molar-refractivity contribution < 1.29 is 14.4 Å². The second-order valence-corrected chi connectivity index (χ2v) is 8.34. The number of carbonyl (C=O) groups is 3. The van der Waals surface area contributed by atoms with Crippen molar-refractivity contribution >= 4 is 29.1 Å². The van der Waals surface area contributed by atoms with Gasteiger partial charge in [-0.3, -0.25) is 19.3 Å². The number of rotatable bonds is 6. The molecule has 2 aromatic carbocycles. The van der Waals surface area contributed by atoms with Gasteiger partial charge in [-0.15, -0.1) is 0 Å². The maximum Gasteiger partial charge on any atom is 0.250 e. The Labute approximate surface area is 184 Å². The number of para-hydroxylation sites is 1. The van der Waals surface area contributed by atoms with E-state index in [4.69, 9.17) is 0 Å². The number of hydrogen-bond donors (Lipinski definition) is 2. The van der Waals surface area contributed by atoms with Gasteiger partial charge in [-0.05, 0) is 50.5 Å². The monoisotopic (exact) mass is 421 g/mol. The summed E-state index contributed by atoms with van der Waals surface area (Å²) in [6.07, 6.45) is 3.89. The third-order valence-electron chi connectivity index (χ3n) is 5.94. The fourth-order valence-electron chi connectivity index (χ4n) is 4.27. The van der Waals surface area contributed by atoms with Crippen LogP contribution in [0.1, 0.15) is 50.2 Å². The predicted octanol–water partition coefficient (Wildman–Crippen LogP) is 4.11. The Morgan fingerprint density at radius 2 is 1.58 bits per heavy atom. The lowest BCUT2D eigenvalue weighted by Gasteiger charge is -2.45. The van der Waals surface area contributed by atoms with Gasteiger partial charge in [-0.1, -0.05) is 55.2 Å². The molecule has 1 saturated carbocycles. The van der Waals surface area contributed by atoms with E-state index in [2.05, 4.69) is 10.6 Å². The van der Waals surface area contributed by atoms with Crippen molar-refractivity contribution in [3.05, 3.63) is 59.7 Å². The predicted molar refractivity (Wildman–Crippen MR) is 123 cm³/mol. The Kier molecular flexibility index (Phi) is 7.10. The topological polar surface area (TPSA) is 78.5 Å². The Morgan fingerprint density at radius 1 is 0.935 bits per heavy atom. The van der Waals surface area contributed by atoms with Gasteiger partial charge in [-0.2, -0.15) is 0 Å². The Hall–Kier alpha value is -3.15. The first-order valence-electron chi connectivity index (χ1n) is 10.8. The molecule has 3 amide bonds. The highest BCUT2D eigenvalue weighted by Crippen LogP contribution is 2.39. The van der Waals surface area contributed by atoms with Crippen molar-refractivity contribution in [3.8, 4) is 0 Å². The van der Waals surface area contributed by atoms with E-state index in [1.165, 1.54) is 6.92 Å². The van der Waals surface area contributed by atoms with Crippen LogP contribution in [0.2, 0.25) is 0 Å². The molecule has 6 nitrogen and oxygen atoms in total. The minimum atomic E-state index is -1.01. The Balaban J connectivity index is 2.04. The Bertz CT molecular complexity index is 947. The molecule has 0 saturated heterocycles. The van der Waals surface area contributed by atoms with E-state index in [-0.39, 0.29) is 24.3 Å². The first kappa shape index (κ1) is 22.5. The van der Waals surface area contributed by atoms with Gasteiger partial charge in [0.2, 0.25) is 11.8 Å². The maximum absolute atomic E-state index is 13.8. The van der Waals surface area contributed by atoms with Crippen LogP contribution in [0.5, 0.6) is 0 Å². The van der Waals surface area contributed by atoms with E-state index in [1.54, 1.807) is 4.90 Å². The fraction of sp³-hybridized carbons (Fsp3) is 0.400. The first-order valence-corrected chi connectivity index (χ1v) is 10.8. The summed E-state index contributed by atoms with van der Waals surface area (Å²) >= 11 is 0. The molecule has 0 unspecified atom stereocenters. The summed E-state index contributed by atoms with van der Waals surface area (Å²) in [5.41, 5.74) is 2.42. The highest BCUT2D eigenvalue weighted by molar-refractivity contribution is 6.09. The number of benzene rings is 2. The zero-order valence-corrected chi connectivity index (χ0v) is 18.5. The number of amides is 3. The number of nitrogens with zero attached hydrogens (tertiary/aromatic N) is 1. The summed E-state index contributed by atoms with van der Waals surface area (Å²) in [5, 5.41) is 5.65. The molecule has 31 heavy (non-hydrogen) atoms. The first-order chi connectivity index (χ1) is 14.8. The van der Waals surface area contributed by atoms with Gasteiger partial charge >= 0.3 is 0 Å². The van der Waals surface area contributed by atoms with E-state index < -0.39 is 5.54 Å². The Morgan fingerprint density at radius 3 is 2.19 bits per heavy atom. The van der Waals surface area contributed by atoms with Gasteiger partial charge in [0.1, 0.15) is 5.54 Å². The summed E-state index contributed by atoms with van der Waals surface area (Å²) in [6.45, 7) is 5.16. The van der Waals surface area contributed by atoms with E-state index in [0.717, 1.165) is 30.4 Å². The molecule has 2 N–H and O–H groups in total. The minimum Gasteiger partial charge on any atom is -0.347 e. The maximum atomic E-state index is 13.8. The van der Waals surface area contributed by atoms with Crippen molar-refractivity contribution in [2.24, 2.45) is 0 Å². The molecule has 1 fully saturated rings. The van der Waals surface area contributed by atoms with Crippen LogP contribution in [-0.4, -0.2) is 29.8 Å². The highest BCUT2D eigenvalue weighted by Gasteiger charge is 2.48. The molecule has 6 heteroatoms. The van der Waals surface area contributed by atoms with Crippen LogP contribution in [0.3, 0.4) is 0 Å². The number of nitrogens with one attached hydrogen (secondary N) is 2. The molecule has 0 aliphatic heterocycles. The van der Waals surface area contributed by atoms with Crippen LogP contribution in [0.25, 0.3) is 0 Å². The van der Waals surface area contributed by atoms with Gasteiger partial charge in [-0.25, -0.2) is 0 Å². The molecule has 2 aromatic rings. The average molecular weight is 422 g/mol. The van der Waals surface area contributed by atoms with Crippen molar-refractivity contribution in [2.45, 2.75) is 58.4 Å². The summed E-state index contributed by atoms with van der Waals surface area (Å²) in [7, 11) is 0. The van der Waals surface area contributed by atoms with Gasteiger partial charge in [0.15, 0.2) is 0 Å². The number of anilines is 2. The molecular weight excluding hydrogens is 390 g/mol. The second-order valence-electron chi connectivity index (χ2n) is 8.34. The smallest absolute Gasteiger partial charge is 0.250 e. The van der Waals surface area contributed by atoms with Gasteiger partial charge in [0, 0.05) is 18.3 Å². The SMILES string of the molecule is CC(=O)NCC(=O)N(c1ccccc1C)C1(C(=O)Nc2ccc(C)cc2)CCCCC1. The highest BCUT2D eigenvalue weighted by atomic mass is 16.2. The second kappa shape index (κ2) is 9.77. The molecule has 0 atom stereocenters.